The maximum absolute atomic E-state index is 12.2. The Balaban J connectivity index is 1.85. The smallest absolute Gasteiger partial charge is 0.338 e. The minimum atomic E-state index is -0.335. The minimum Gasteiger partial charge on any atom is -0.465 e. The number of hydrogen-bond acceptors (Lipinski definition) is 3. The van der Waals surface area contributed by atoms with Crippen LogP contribution in [-0.2, 0) is 4.74 Å². The molecule has 25 heavy (non-hydrogen) atoms. The quantitative estimate of drug-likeness (QED) is 0.549. The van der Waals surface area contributed by atoms with E-state index in [1.165, 1.54) is 7.11 Å². The molecule has 2 aliphatic rings. The lowest BCUT2D eigenvalue weighted by molar-refractivity contribution is 0.0598. The van der Waals surface area contributed by atoms with Gasteiger partial charge >= 0.3 is 5.97 Å². The number of benzene rings is 2. The van der Waals surface area contributed by atoms with E-state index in [9.17, 15) is 4.79 Å². The van der Waals surface area contributed by atoms with Gasteiger partial charge in [0.1, 0.15) is 0 Å². The molecule has 1 N–H and O–H groups in total. The largest absolute Gasteiger partial charge is 0.465 e. The van der Waals surface area contributed by atoms with Gasteiger partial charge in [0.15, 0.2) is 0 Å². The van der Waals surface area contributed by atoms with Crippen molar-refractivity contribution in [2.45, 2.75) is 18.4 Å². The molecular weight excluding hydrogens is 357 g/mol. The Hall–Kier alpha value is -1.97. The molecule has 1 aliphatic heterocycles. The van der Waals surface area contributed by atoms with Gasteiger partial charge in [-0.3, -0.25) is 0 Å². The second kappa shape index (κ2) is 6.40. The molecule has 0 unspecified atom stereocenters. The number of rotatable bonds is 2. The van der Waals surface area contributed by atoms with Crippen molar-refractivity contribution in [3.8, 4) is 0 Å². The fraction of sp³-hybridized carbons (Fsp3) is 0.250. The highest BCUT2D eigenvalue weighted by Gasteiger charge is 2.40. The summed E-state index contributed by atoms with van der Waals surface area (Å²) in [6, 6.07) is 11.5. The van der Waals surface area contributed by atoms with E-state index in [-0.39, 0.29) is 17.9 Å². The van der Waals surface area contributed by atoms with Crippen LogP contribution in [0.5, 0.6) is 0 Å². The summed E-state index contributed by atoms with van der Waals surface area (Å²) >= 11 is 12.5. The van der Waals surface area contributed by atoms with Crippen LogP contribution in [-0.4, -0.2) is 13.1 Å². The first-order valence-electron chi connectivity index (χ1n) is 8.19. The Morgan fingerprint density at radius 1 is 1.16 bits per heavy atom. The zero-order valence-corrected chi connectivity index (χ0v) is 15.1. The van der Waals surface area contributed by atoms with E-state index in [0.29, 0.717) is 21.5 Å². The van der Waals surface area contributed by atoms with Crippen LogP contribution in [0.25, 0.3) is 0 Å². The Labute approximate surface area is 156 Å². The molecule has 3 nitrogen and oxygen atoms in total. The number of esters is 1. The van der Waals surface area contributed by atoms with Gasteiger partial charge in [-0.2, -0.15) is 0 Å². The highest BCUT2D eigenvalue weighted by Crippen LogP contribution is 2.52. The molecule has 3 atom stereocenters. The number of carbonyl (C=O) groups excluding carboxylic acids is 1. The fourth-order valence-corrected chi connectivity index (χ4v) is 4.31. The van der Waals surface area contributed by atoms with Crippen LogP contribution < -0.4 is 5.32 Å². The number of carbonyl (C=O) groups is 1. The Morgan fingerprint density at radius 2 is 1.92 bits per heavy atom. The van der Waals surface area contributed by atoms with Crippen molar-refractivity contribution in [1.29, 1.82) is 0 Å². The molecule has 0 fully saturated rings. The number of nitrogens with one attached hydrogen (secondary N) is 1. The molecule has 0 saturated heterocycles. The van der Waals surface area contributed by atoms with Gasteiger partial charge in [-0.15, -0.1) is 0 Å². The van der Waals surface area contributed by atoms with E-state index in [2.05, 4.69) is 17.5 Å². The summed E-state index contributed by atoms with van der Waals surface area (Å²) in [5.41, 5.74) is 3.49. The Kier molecular flexibility index (Phi) is 4.22. The maximum Gasteiger partial charge on any atom is 0.338 e. The SMILES string of the molecule is COC(=O)c1ccc(Cl)c2c1[C@@H]1C=CC[C@@H]1[C@H](c1ccc(Cl)cc1)N2. The van der Waals surface area contributed by atoms with E-state index < -0.39 is 0 Å². The van der Waals surface area contributed by atoms with E-state index in [1.807, 2.05) is 24.3 Å². The molecule has 2 aromatic carbocycles. The third-order valence-electron chi connectivity index (χ3n) is 5.10. The summed E-state index contributed by atoms with van der Waals surface area (Å²) in [5, 5.41) is 4.90. The van der Waals surface area contributed by atoms with Crippen molar-refractivity contribution < 1.29 is 9.53 Å². The van der Waals surface area contributed by atoms with Crippen LogP contribution in [0.4, 0.5) is 5.69 Å². The number of halogens is 2. The summed E-state index contributed by atoms with van der Waals surface area (Å²) in [4.78, 5) is 12.2. The lowest BCUT2D eigenvalue weighted by Crippen LogP contribution is -2.30. The van der Waals surface area contributed by atoms with Gasteiger partial charge < -0.3 is 10.1 Å². The second-order valence-electron chi connectivity index (χ2n) is 6.40. The highest BCUT2D eigenvalue weighted by molar-refractivity contribution is 6.33. The van der Waals surface area contributed by atoms with Crippen LogP contribution in [0, 0.1) is 5.92 Å². The van der Waals surface area contributed by atoms with Crippen LogP contribution in [0.2, 0.25) is 10.0 Å². The van der Waals surface area contributed by atoms with Crippen molar-refractivity contribution in [3.05, 3.63) is 75.3 Å². The highest BCUT2D eigenvalue weighted by atomic mass is 35.5. The number of hydrogen-bond donors (Lipinski definition) is 1. The first-order valence-corrected chi connectivity index (χ1v) is 8.95. The summed E-state index contributed by atoms with van der Waals surface area (Å²) in [5.74, 6) is 0.110. The molecule has 0 amide bonds. The van der Waals surface area contributed by atoms with Gasteiger partial charge in [-0.1, -0.05) is 47.5 Å². The molecule has 0 bridgehead atoms. The predicted octanol–water partition coefficient (Wildman–Crippen LogP) is 5.61. The molecule has 128 valence electrons. The molecule has 2 aromatic rings. The summed E-state index contributed by atoms with van der Waals surface area (Å²) in [6.45, 7) is 0. The molecule has 0 radical (unpaired) electrons. The fourth-order valence-electron chi connectivity index (χ4n) is 3.96. The monoisotopic (exact) mass is 373 g/mol. The van der Waals surface area contributed by atoms with Gasteiger partial charge in [0, 0.05) is 10.9 Å². The van der Waals surface area contributed by atoms with Crippen molar-refractivity contribution in [2.24, 2.45) is 5.92 Å². The lowest BCUT2D eigenvalue weighted by atomic mass is 9.75. The van der Waals surface area contributed by atoms with Gasteiger partial charge in [-0.05, 0) is 47.7 Å². The summed E-state index contributed by atoms with van der Waals surface area (Å²) in [6.07, 6.45) is 5.30. The number of ether oxygens (including phenoxy) is 1. The molecule has 4 rings (SSSR count). The van der Waals surface area contributed by atoms with E-state index >= 15 is 0 Å². The van der Waals surface area contributed by atoms with Crippen molar-refractivity contribution in [2.75, 3.05) is 12.4 Å². The van der Waals surface area contributed by atoms with Gasteiger partial charge in [0.25, 0.3) is 0 Å². The number of methoxy groups -OCH3 is 1. The third kappa shape index (κ3) is 2.72. The summed E-state index contributed by atoms with van der Waals surface area (Å²) in [7, 11) is 1.40. The van der Waals surface area contributed by atoms with Crippen molar-refractivity contribution in [3.63, 3.8) is 0 Å². The third-order valence-corrected chi connectivity index (χ3v) is 5.67. The van der Waals surface area contributed by atoms with E-state index in [0.717, 1.165) is 23.2 Å². The number of fused-ring (bicyclic) bond motifs is 3. The molecule has 1 aliphatic carbocycles. The maximum atomic E-state index is 12.2. The topological polar surface area (TPSA) is 38.3 Å². The number of allylic oxidation sites excluding steroid dienone is 2. The zero-order chi connectivity index (χ0) is 17.6. The van der Waals surface area contributed by atoms with Gasteiger partial charge in [0.2, 0.25) is 0 Å². The van der Waals surface area contributed by atoms with Crippen molar-refractivity contribution >= 4 is 34.9 Å². The average molecular weight is 374 g/mol. The summed E-state index contributed by atoms with van der Waals surface area (Å²) < 4.78 is 4.97. The second-order valence-corrected chi connectivity index (χ2v) is 7.25. The van der Waals surface area contributed by atoms with Crippen LogP contribution in [0.15, 0.2) is 48.6 Å². The zero-order valence-electron chi connectivity index (χ0n) is 13.6. The molecule has 5 heteroatoms. The van der Waals surface area contributed by atoms with E-state index in [1.54, 1.807) is 12.1 Å². The normalized spacial score (nSPS) is 23.6. The number of anilines is 1. The Bertz CT molecular complexity index is 861. The van der Waals surface area contributed by atoms with Crippen LogP contribution in [0.1, 0.15) is 39.9 Å². The van der Waals surface area contributed by atoms with E-state index in [4.69, 9.17) is 27.9 Å². The molecule has 0 saturated carbocycles. The first-order chi connectivity index (χ1) is 12.1. The van der Waals surface area contributed by atoms with Gasteiger partial charge in [-0.25, -0.2) is 4.79 Å². The van der Waals surface area contributed by atoms with Crippen molar-refractivity contribution in [1.82, 2.24) is 0 Å². The molecular formula is C20H17Cl2NO2. The predicted molar refractivity (Wildman–Crippen MR) is 101 cm³/mol. The first kappa shape index (κ1) is 16.5. The lowest BCUT2D eigenvalue weighted by Gasteiger charge is -2.38. The van der Waals surface area contributed by atoms with Crippen LogP contribution >= 0.6 is 23.2 Å². The standard InChI is InChI=1S/C20H17Cl2NO2/c1-25-20(24)15-9-10-16(22)19-17(15)13-3-2-4-14(13)18(23-19)11-5-7-12(21)8-6-11/h2-3,5-10,13-14,18,23H,4H2,1H3/t13-,14+,18+/m1/s1. The minimum absolute atomic E-state index is 0.107. The Morgan fingerprint density at radius 3 is 2.64 bits per heavy atom. The molecule has 0 aromatic heterocycles. The average Bonchev–Trinajstić information content (AvgIpc) is 3.11. The molecule has 1 heterocycles. The van der Waals surface area contributed by atoms with Crippen LogP contribution in [0.3, 0.4) is 0 Å². The molecule has 0 spiro atoms. The van der Waals surface area contributed by atoms with Gasteiger partial charge in [0.05, 0.1) is 29.4 Å².